The molecule has 0 radical (unpaired) electrons. The van der Waals surface area contributed by atoms with Crippen LogP contribution in [0.25, 0.3) is 0 Å². The van der Waals surface area contributed by atoms with Crippen LogP contribution >= 0.6 is 0 Å². The van der Waals surface area contributed by atoms with Crippen LogP contribution in [0, 0.1) is 0 Å². The molecule has 2 unspecified atom stereocenters. The van der Waals surface area contributed by atoms with Crippen LogP contribution in [-0.4, -0.2) is 39.2 Å². The molecule has 1 aromatic carbocycles. The van der Waals surface area contributed by atoms with Crippen molar-refractivity contribution in [2.45, 2.75) is 38.6 Å². The highest BCUT2D eigenvalue weighted by Gasteiger charge is 2.28. The lowest BCUT2D eigenvalue weighted by molar-refractivity contribution is 0.0682. The predicted molar refractivity (Wildman–Crippen MR) is 96.1 cm³/mol. The van der Waals surface area contributed by atoms with Gasteiger partial charge in [0, 0.05) is 24.9 Å². The van der Waals surface area contributed by atoms with E-state index in [1.54, 1.807) is 0 Å². The van der Waals surface area contributed by atoms with Gasteiger partial charge in [0.05, 0.1) is 12.3 Å². The first-order valence-electron chi connectivity index (χ1n) is 8.57. The number of carboxylic acids is 1. The van der Waals surface area contributed by atoms with Crippen LogP contribution in [0.15, 0.2) is 36.7 Å². The normalized spacial score (nSPS) is 19.1. The highest BCUT2D eigenvalue weighted by Crippen LogP contribution is 2.24. The smallest absolute Gasteiger partial charge is 0.356 e. The molecule has 27 heavy (non-hydrogen) atoms. The lowest BCUT2D eigenvalue weighted by atomic mass is 10.0. The summed E-state index contributed by atoms with van der Waals surface area (Å²) >= 11 is 0. The van der Waals surface area contributed by atoms with Crippen LogP contribution in [0.3, 0.4) is 0 Å². The van der Waals surface area contributed by atoms with Gasteiger partial charge in [0.1, 0.15) is 5.75 Å². The van der Waals surface area contributed by atoms with Gasteiger partial charge < -0.3 is 15.2 Å². The largest absolute Gasteiger partial charge is 0.491 e. The summed E-state index contributed by atoms with van der Waals surface area (Å²) in [5, 5.41) is 11.8. The number of amides is 1. The first kappa shape index (κ1) is 18.7. The third-order valence-corrected chi connectivity index (χ3v) is 3.98. The van der Waals surface area contributed by atoms with Gasteiger partial charge in [-0.25, -0.2) is 25.6 Å². The molecule has 1 aliphatic rings. The molecule has 142 valence electrons. The third-order valence-electron chi connectivity index (χ3n) is 3.98. The van der Waals surface area contributed by atoms with Crippen molar-refractivity contribution in [2.75, 3.05) is 0 Å². The maximum atomic E-state index is 12.4. The van der Waals surface area contributed by atoms with E-state index in [1.165, 1.54) is 12.4 Å². The topological polar surface area (TPSA) is 125 Å². The van der Waals surface area contributed by atoms with Gasteiger partial charge in [-0.1, -0.05) is 12.1 Å². The van der Waals surface area contributed by atoms with E-state index in [2.05, 4.69) is 26.1 Å². The van der Waals surface area contributed by atoms with Gasteiger partial charge in [-0.05, 0) is 31.5 Å². The van der Waals surface area contributed by atoms with Crippen LogP contribution in [0.4, 0.5) is 0 Å². The van der Waals surface area contributed by atoms with Crippen LogP contribution in [0.2, 0.25) is 0 Å². The Bertz CT molecular complexity index is 825. The van der Waals surface area contributed by atoms with Crippen LogP contribution in [0.1, 0.15) is 52.9 Å². The molecule has 9 nitrogen and oxygen atoms in total. The molecule has 9 heteroatoms. The van der Waals surface area contributed by atoms with Crippen LogP contribution in [0.5, 0.6) is 5.75 Å². The number of nitrogens with zero attached hydrogens (tertiary/aromatic N) is 2. The molecule has 2 atom stereocenters. The molecule has 1 amide bonds. The summed E-state index contributed by atoms with van der Waals surface area (Å²) in [6, 6.07) is 7.73. The molecule has 0 saturated carbocycles. The van der Waals surface area contributed by atoms with E-state index < -0.39 is 11.9 Å². The van der Waals surface area contributed by atoms with Crippen molar-refractivity contribution in [2.24, 2.45) is 0 Å². The second-order valence-electron chi connectivity index (χ2n) is 6.40. The molecule has 1 aromatic heterocycles. The molecular weight excluding hydrogens is 350 g/mol. The standard InChI is InChI=1S/C18H21N5O4/c1-10(2)27-12-5-3-11(4-6-12)13-9-14(23-22-13)21-17(24)15-16(18(25)26)20-8-7-19-15/h3-8,10,13-14,22-23H,9H2,1-2H3,(H,21,24)(H,25,26). The van der Waals surface area contributed by atoms with Crippen LogP contribution < -0.4 is 20.9 Å². The lowest BCUT2D eigenvalue weighted by Crippen LogP contribution is -2.44. The summed E-state index contributed by atoms with van der Waals surface area (Å²) in [5.41, 5.74) is 6.56. The second kappa shape index (κ2) is 8.11. The fourth-order valence-corrected chi connectivity index (χ4v) is 2.81. The Morgan fingerprint density at radius 3 is 2.44 bits per heavy atom. The first-order valence-corrected chi connectivity index (χ1v) is 8.57. The van der Waals surface area contributed by atoms with Crippen molar-refractivity contribution in [3.63, 3.8) is 0 Å². The average molecular weight is 371 g/mol. The minimum absolute atomic E-state index is 0.01000. The summed E-state index contributed by atoms with van der Waals surface area (Å²) in [6.45, 7) is 3.94. The minimum Gasteiger partial charge on any atom is -0.491 e. The zero-order valence-electron chi connectivity index (χ0n) is 15.0. The Morgan fingerprint density at radius 1 is 1.15 bits per heavy atom. The van der Waals surface area contributed by atoms with Gasteiger partial charge in [0.25, 0.3) is 5.91 Å². The van der Waals surface area contributed by atoms with Gasteiger partial charge in [-0.2, -0.15) is 0 Å². The van der Waals surface area contributed by atoms with Crippen molar-refractivity contribution in [3.05, 3.63) is 53.6 Å². The number of hydrogen-bond donors (Lipinski definition) is 4. The maximum absolute atomic E-state index is 12.4. The van der Waals surface area contributed by atoms with E-state index in [-0.39, 0.29) is 29.7 Å². The van der Waals surface area contributed by atoms with E-state index >= 15 is 0 Å². The SMILES string of the molecule is CC(C)Oc1ccc(C2CC(NC(=O)c3nccnc3C(=O)O)NN2)cc1. The summed E-state index contributed by atoms with van der Waals surface area (Å²) in [4.78, 5) is 31.1. The number of carboxylic acid groups (broad SMARTS) is 1. The molecule has 0 aliphatic carbocycles. The van der Waals surface area contributed by atoms with Gasteiger partial charge in [-0.15, -0.1) is 0 Å². The minimum atomic E-state index is -1.30. The second-order valence-corrected chi connectivity index (χ2v) is 6.40. The highest BCUT2D eigenvalue weighted by atomic mass is 16.5. The fraction of sp³-hybridized carbons (Fsp3) is 0.333. The van der Waals surface area contributed by atoms with Crippen LogP contribution in [-0.2, 0) is 0 Å². The Labute approximate surface area is 156 Å². The number of carbonyl (C=O) groups is 2. The number of nitrogens with one attached hydrogen (secondary N) is 3. The molecule has 3 rings (SSSR count). The fourth-order valence-electron chi connectivity index (χ4n) is 2.81. The van der Waals surface area contributed by atoms with Gasteiger partial charge in [-0.3, -0.25) is 4.79 Å². The lowest BCUT2D eigenvalue weighted by Gasteiger charge is -2.13. The highest BCUT2D eigenvalue weighted by molar-refractivity contribution is 6.02. The monoisotopic (exact) mass is 371 g/mol. The molecule has 1 fully saturated rings. The quantitative estimate of drug-likeness (QED) is 0.598. The molecule has 0 bridgehead atoms. The molecule has 0 spiro atoms. The van der Waals surface area contributed by atoms with E-state index in [1.807, 2.05) is 38.1 Å². The van der Waals surface area contributed by atoms with Crippen molar-refractivity contribution in [3.8, 4) is 5.75 Å². The predicted octanol–water partition coefficient (Wildman–Crippen LogP) is 1.26. The number of aromatic nitrogens is 2. The van der Waals surface area contributed by atoms with Crippen molar-refractivity contribution in [1.29, 1.82) is 0 Å². The Hall–Kier alpha value is -3.04. The molecule has 1 saturated heterocycles. The number of benzene rings is 1. The number of rotatable bonds is 6. The summed E-state index contributed by atoms with van der Waals surface area (Å²) in [5.74, 6) is -1.10. The third kappa shape index (κ3) is 4.57. The number of hydrogen-bond acceptors (Lipinski definition) is 7. The van der Waals surface area contributed by atoms with Crippen molar-refractivity contribution >= 4 is 11.9 Å². The van der Waals surface area contributed by atoms with Crippen molar-refractivity contribution in [1.82, 2.24) is 26.1 Å². The number of ether oxygens (including phenoxy) is 1. The Morgan fingerprint density at radius 2 is 1.81 bits per heavy atom. The Balaban J connectivity index is 1.61. The van der Waals surface area contributed by atoms with Gasteiger partial charge >= 0.3 is 5.97 Å². The molecular formula is C18H21N5O4. The van der Waals surface area contributed by atoms with E-state index in [0.717, 1.165) is 11.3 Å². The zero-order chi connectivity index (χ0) is 19.4. The molecule has 4 N–H and O–H groups in total. The summed E-state index contributed by atoms with van der Waals surface area (Å²) < 4.78 is 5.63. The summed E-state index contributed by atoms with van der Waals surface area (Å²) in [6.07, 6.45) is 2.83. The van der Waals surface area contributed by atoms with E-state index in [4.69, 9.17) is 9.84 Å². The average Bonchev–Trinajstić information content (AvgIpc) is 3.10. The number of aromatic carboxylic acids is 1. The number of carbonyl (C=O) groups excluding carboxylic acids is 1. The van der Waals surface area contributed by atoms with E-state index in [0.29, 0.717) is 6.42 Å². The van der Waals surface area contributed by atoms with Gasteiger partial charge in [0.15, 0.2) is 11.4 Å². The molecule has 2 aromatic rings. The maximum Gasteiger partial charge on any atom is 0.356 e. The molecule has 2 heterocycles. The Kier molecular flexibility index (Phi) is 5.63. The van der Waals surface area contributed by atoms with E-state index in [9.17, 15) is 9.59 Å². The summed E-state index contributed by atoms with van der Waals surface area (Å²) in [7, 11) is 0. The number of hydrazine groups is 1. The first-order chi connectivity index (χ1) is 12.9. The van der Waals surface area contributed by atoms with Crippen molar-refractivity contribution < 1.29 is 19.4 Å². The van der Waals surface area contributed by atoms with Gasteiger partial charge in [0.2, 0.25) is 0 Å². The molecule has 1 aliphatic heterocycles. The zero-order valence-corrected chi connectivity index (χ0v) is 15.0.